The van der Waals surface area contributed by atoms with Gasteiger partial charge in [0.05, 0.1) is 18.4 Å². The standard InChI is InChI=1S/C44H72N2O5/c1-10-45-23-25-46(26-24-45)37(49)44-18-13-30(40(6)19-20-40)36(44)31-11-12-33-41(7)16-15-34(51-35(48)27-38(2,3)28-50-29-47)39(4,5)32(41)14-17-43(33,9)42(31,8)21-22-44/h29-34,36H,10-28H2,1-9H3/t30-,31-,32+,33-,34+,36-,41+,42-,43-,44+/m1/s1. The molecule has 7 rings (SSSR count). The van der Waals surface area contributed by atoms with Crippen molar-refractivity contribution >= 4 is 18.3 Å². The molecule has 7 heteroatoms. The Morgan fingerprint density at radius 3 is 2.12 bits per heavy atom. The first kappa shape index (κ1) is 37.7. The maximum Gasteiger partial charge on any atom is 0.306 e. The van der Waals surface area contributed by atoms with E-state index in [4.69, 9.17) is 9.47 Å². The van der Waals surface area contributed by atoms with Crippen LogP contribution in [0.1, 0.15) is 146 Å². The van der Waals surface area contributed by atoms with Crippen molar-refractivity contribution in [1.82, 2.24) is 9.80 Å². The molecular formula is C44H72N2O5. The van der Waals surface area contributed by atoms with Gasteiger partial charge in [0.2, 0.25) is 5.91 Å². The van der Waals surface area contributed by atoms with Crippen molar-refractivity contribution in [2.45, 2.75) is 152 Å². The molecule has 0 spiro atoms. The molecular weight excluding hydrogens is 636 g/mol. The van der Waals surface area contributed by atoms with Gasteiger partial charge in [0.25, 0.3) is 6.47 Å². The van der Waals surface area contributed by atoms with Crippen LogP contribution in [0, 0.1) is 67.5 Å². The van der Waals surface area contributed by atoms with Gasteiger partial charge in [0, 0.05) is 37.0 Å². The van der Waals surface area contributed by atoms with Gasteiger partial charge in [-0.05, 0) is 135 Å². The minimum absolute atomic E-state index is 0.0961. The Bertz CT molecular complexity index is 1360. The molecule has 7 fully saturated rings. The Hall–Kier alpha value is -1.63. The SMILES string of the molecule is CCN1CCN(C(=O)[C@]23CC[C@@H](C4(C)CC4)[C@@H]2[C@H]2CC[C@@H]4[C@@]5(C)CC[C@H](OC(=O)CC(C)(C)COC=O)C(C)(C)[C@@H]5CC[C@@]4(C)[C@]2(C)CC3)CC1. The summed E-state index contributed by atoms with van der Waals surface area (Å²) in [5.74, 6) is 3.34. The van der Waals surface area contributed by atoms with E-state index in [2.05, 4.69) is 58.3 Å². The Balaban J connectivity index is 1.13. The number of piperazine rings is 1. The summed E-state index contributed by atoms with van der Waals surface area (Å²) in [4.78, 5) is 43.9. The second kappa shape index (κ2) is 12.7. The van der Waals surface area contributed by atoms with Gasteiger partial charge < -0.3 is 19.3 Å². The van der Waals surface area contributed by atoms with Crippen LogP contribution in [-0.2, 0) is 23.9 Å². The average Bonchev–Trinajstić information content (AvgIpc) is 3.69. The normalized spacial score (nSPS) is 44.3. The summed E-state index contributed by atoms with van der Waals surface area (Å²) in [5, 5.41) is 0. The lowest BCUT2D eigenvalue weighted by Crippen LogP contribution is -2.68. The molecule has 0 bridgehead atoms. The number of carbonyl (C=O) groups is 3. The van der Waals surface area contributed by atoms with E-state index >= 15 is 0 Å². The molecule has 10 atom stereocenters. The van der Waals surface area contributed by atoms with Gasteiger partial charge >= 0.3 is 5.97 Å². The fraction of sp³-hybridized carbons (Fsp3) is 0.932. The average molecular weight is 709 g/mol. The molecule has 51 heavy (non-hydrogen) atoms. The van der Waals surface area contributed by atoms with Crippen LogP contribution in [0.5, 0.6) is 0 Å². The fourth-order valence-corrected chi connectivity index (χ4v) is 15.0. The third-order valence-electron chi connectivity index (χ3n) is 18.3. The molecule has 0 unspecified atom stereocenters. The van der Waals surface area contributed by atoms with Crippen LogP contribution < -0.4 is 0 Å². The molecule has 6 aliphatic carbocycles. The summed E-state index contributed by atoms with van der Waals surface area (Å²) in [6.07, 6.45) is 14.5. The van der Waals surface area contributed by atoms with Crippen LogP contribution in [0.3, 0.4) is 0 Å². The maximum absolute atomic E-state index is 15.0. The number of amides is 1. The van der Waals surface area contributed by atoms with Crippen molar-refractivity contribution in [3.05, 3.63) is 0 Å². The van der Waals surface area contributed by atoms with Crippen molar-refractivity contribution in [3.63, 3.8) is 0 Å². The van der Waals surface area contributed by atoms with E-state index < -0.39 is 5.41 Å². The first-order chi connectivity index (χ1) is 23.9. The van der Waals surface area contributed by atoms with Gasteiger partial charge in [0.15, 0.2) is 0 Å². The van der Waals surface area contributed by atoms with E-state index in [0.717, 1.165) is 58.4 Å². The summed E-state index contributed by atoms with van der Waals surface area (Å²) in [6.45, 7) is 27.1. The first-order valence-corrected chi connectivity index (χ1v) is 21.2. The third kappa shape index (κ3) is 5.76. The molecule has 0 aromatic carbocycles. The van der Waals surface area contributed by atoms with Gasteiger partial charge in [-0.1, -0.05) is 62.3 Å². The van der Waals surface area contributed by atoms with Gasteiger partial charge in [-0.25, -0.2) is 0 Å². The summed E-state index contributed by atoms with van der Waals surface area (Å²) in [5.41, 5.74) is 0.385. The molecule has 7 nitrogen and oxygen atoms in total. The highest BCUT2D eigenvalue weighted by molar-refractivity contribution is 5.84. The summed E-state index contributed by atoms with van der Waals surface area (Å²) < 4.78 is 11.4. The van der Waals surface area contributed by atoms with Crippen LogP contribution in [0.2, 0.25) is 0 Å². The second-order valence-corrected chi connectivity index (χ2v) is 21.5. The number of likely N-dealkylation sites (N-methyl/N-ethyl adjacent to an activating group) is 1. The van der Waals surface area contributed by atoms with E-state index in [1.54, 1.807) is 0 Å². The molecule has 0 aromatic rings. The summed E-state index contributed by atoms with van der Waals surface area (Å²) in [7, 11) is 0. The smallest absolute Gasteiger partial charge is 0.306 e. The second-order valence-electron chi connectivity index (χ2n) is 21.5. The number of hydrogen-bond donors (Lipinski definition) is 0. The summed E-state index contributed by atoms with van der Waals surface area (Å²) in [6, 6.07) is 0. The van der Waals surface area contributed by atoms with Crippen molar-refractivity contribution in [2.24, 2.45) is 67.5 Å². The highest BCUT2D eigenvalue weighted by Crippen LogP contribution is 2.79. The van der Waals surface area contributed by atoms with Gasteiger partial charge in [-0.15, -0.1) is 0 Å². The van der Waals surface area contributed by atoms with Crippen LogP contribution in [-0.4, -0.2) is 73.6 Å². The van der Waals surface area contributed by atoms with E-state index in [1.807, 2.05) is 13.8 Å². The molecule has 0 N–H and O–H groups in total. The van der Waals surface area contributed by atoms with E-state index in [0.29, 0.717) is 47.4 Å². The zero-order valence-corrected chi connectivity index (χ0v) is 33.9. The number of carbonyl (C=O) groups excluding carboxylic acids is 3. The Labute approximate surface area is 310 Å². The minimum atomic E-state index is -0.451. The fourth-order valence-electron chi connectivity index (χ4n) is 15.0. The van der Waals surface area contributed by atoms with Crippen molar-refractivity contribution < 1.29 is 23.9 Å². The monoisotopic (exact) mass is 709 g/mol. The maximum atomic E-state index is 15.0. The highest BCUT2D eigenvalue weighted by Gasteiger charge is 2.73. The number of rotatable bonds is 9. The Morgan fingerprint density at radius 1 is 0.765 bits per heavy atom. The van der Waals surface area contributed by atoms with Gasteiger partial charge in [-0.2, -0.15) is 0 Å². The molecule has 1 aliphatic heterocycles. The molecule has 1 saturated heterocycles. The Morgan fingerprint density at radius 2 is 1.47 bits per heavy atom. The van der Waals surface area contributed by atoms with E-state index in [-0.39, 0.29) is 52.2 Å². The zero-order valence-electron chi connectivity index (χ0n) is 33.9. The lowest BCUT2D eigenvalue weighted by atomic mass is 9.32. The molecule has 0 radical (unpaired) electrons. The Kier molecular flexibility index (Phi) is 9.40. The molecule has 0 aromatic heterocycles. The molecule has 1 amide bonds. The number of ether oxygens (including phenoxy) is 2. The topological polar surface area (TPSA) is 76.2 Å². The lowest BCUT2D eigenvalue weighted by molar-refractivity contribution is -0.251. The molecule has 1 heterocycles. The number of esters is 1. The van der Waals surface area contributed by atoms with Crippen molar-refractivity contribution in [2.75, 3.05) is 39.3 Å². The highest BCUT2D eigenvalue weighted by atomic mass is 16.5. The van der Waals surface area contributed by atoms with Crippen molar-refractivity contribution in [1.29, 1.82) is 0 Å². The van der Waals surface area contributed by atoms with Gasteiger partial charge in [-0.3, -0.25) is 14.4 Å². The van der Waals surface area contributed by atoms with Crippen molar-refractivity contribution in [3.8, 4) is 0 Å². The quantitative estimate of drug-likeness (QED) is 0.177. The molecule has 6 saturated carbocycles. The number of fused-ring (bicyclic) bond motifs is 7. The summed E-state index contributed by atoms with van der Waals surface area (Å²) >= 11 is 0. The number of nitrogens with zero attached hydrogens (tertiary/aromatic N) is 2. The van der Waals surface area contributed by atoms with E-state index in [1.165, 1.54) is 51.4 Å². The van der Waals surface area contributed by atoms with Crippen LogP contribution in [0.25, 0.3) is 0 Å². The largest absolute Gasteiger partial charge is 0.467 e. The van der Waals surface area contributed by atoms with Crippen LogP contribution in [0.4, 0.5) is 0 Å². The van der Waals surface area contributed by atoms with E-state index in [9.17, 15) is 14.4 Å². The minimum Gasteiger partial charge on any atom is -0.467 e. The van der Waals surface area contributed by atoms with Crippen LogP contribution in [0.15, 0.2) is 0 Å². The molecule has 7 aliphatic rings. The van der Waals surface area contributed by atoms with Gasteiger partial charge in [0.1, 0.15) is 6.10 Å². The predicted molar refractivity (Wildman–Crippen MR) is 200 cm³/mol. The predicted octanol–water partition coefficient (Wildman–Crippen LogP) is 8.53. The first-order valence-electron chi connectivity index (χ1n) is 21.2. The lowest BCUT2D eigenvalue weighted by Gasteiger charge is -2.73. The third-order valence-corrected chi connectivity index (χ3v) is 18.3. The zero-order chi connectivity index (χ0) is 36.8. The number of hydrogen-bond acceptors (Lipinski definition) is 6. The van der Waals surface area contributed by atoms with Crippen LogP contribution >= 0.6 is 0 Å². The molecule has 288 valence electrons.